The monoisotopic (exact) mass is 252 g/mol. The maximum absolute atomic E-state index is 5.44. The molecule has 1 aromatic carbocycles. The third-order valence-corrected chi connectivity index (χ3v) is 3.00. The Morgan fingerprint density at radius 1 is 1.17 bits per heavy atom. The van der Waals surface area contributed by atoms with Crippen LogP contribution in [0.25, 0.3) is 0 Å². The fraction of sp³-hybridized carbons (Fsp3) is 0.571. The molecule has 4 heteroatoms. The predicted molar refractivity (Wildman–Crippen MR) is 74.5 cm³/mol. The van der Waals surface area contributed by atoms with E-state index in [2.05, 4.69) is 24.5 Å². The quantitative estimate of drug-likeness (QED) is 0.573. The van der Waals surface area contributed by atoms with Crippen molar-refractivity contribution < 1.29 is 9.47 Å². The van der Waals surface area contributed by atoms with Gasteiger partial charge in [-0.3, -0.25) is 0 Å². The lowest BCUT2D eigenvalue weighted by Gasteiger charge is -2.28. The third kappa shape index (κ3) is 3.62. The maximum atomic E-state index is 5.44. The molecular weight excluding hydrogens is 228 g/mol. The van der Waals surface area contributed by atoms with Crippen LogP contribution in [0.15, 0.2) is 18.2 Å². The zero-order chi connectivity index (χ0) is 13.6. The SMILES string of the molecule is CNCNCC(C)(C)c1cc(OC)ccc1OC. The first-order valence-corrected chi connectivity index (χ1v) is 6.13. The van der Waals surface area contributed by atoms with Crippen molar-refractivity contribution in [1.82, 2.24) is 10.6 Å². The highest BCUT2D eigenvalue weighted by Gasteiger charge is 2.24. The van der Waals surface area contributed by atoms with Gasteiger partial charge >= 0.3 is 0 Å². The van der Waals surface area contributed by atoms with Gasteiger partial charge in [-0.15, -0.1) is 0 Å². The zero-order valence-corrected chi connectivity index (χ0v) is 12.0. The van der Waals surface area contributed by atoms with Gasteiger partial charge in [0, 0.05) is 24.2 Å². The van der Waals surface area contributed by atoms with Gasteiger partial charge < -0.3 is 20.1 Å². The number of nitrogens with one attached hydrogen (secondary N) is 2. The Morgan fingerprint density at radius 2 is 1.89 bits per heavy atom. The van der Waals surface area contributed by atoms with E-state index in [1.165, 1.54) is 0 Å². The van der Waals surface area contributed by atoms with E-state index in [0.29, 0.717) is 0 Å². The molecule has 0 amide bonds. The summed E-state index contributed by atoms with van der Waals surface area (Å²) in [5, 5.41) is 6.43. The van der Waals surface area contributed by atoms with Gasteiger partial charge in [-0.2, -0.15) is 0 Å². The van der Waals surface area contributed by atoms with Gasteiger partial charge in [-0.25, -0.2) is 0 Å². The molecule has 0 aliphatic rings. The standard InChI is InChI=1S/C14H24N2O2/c1-14(2,9-16-10-15-3)12-8-11(17-4)6-7-13(12)18-5/h6-8,15-16H,9-10H2,1-5H3. The van der Waals surface area contributed by atoms with Crippen LogP contribution in [0.1, 0.15) is 19.4 Å². The number of rotatable bonds is 7. The van der Waals surface area contributed by atoms with Crippen molar-refractivity contribution in [2.75, 3.05) is 34.5 Å². The number of benzene rings is 1. The summed E-state index contributed by atoms with van der Waals surface area (Å²) in [6.45, 7) is 6.02. The number of methoxy groups -OCH3 is 2. The first-order chi connectivity index (χ1) is 8.55. The number of hydrogen-bond acceptors (Lipinski definition) is 4. The van der Waals surface area contributed by atoms with Crippen LogP contribution < -0.4 is 20.1 Å². The van der Waals surface area contributed by atoms with Crippen LogP contribution in [0.3, 0.4) is 0 Å². The highest BCUT2D eigenvalue weighted by atomic mass is 16.5. The normalized spacial score (nSPS) is 11.4. The molecule has 4 nitrogen and oxygen atoms in total. The van der Waals surface area contributed by atoms with Crippen molar-refractivity contribution in [3.05, 3.63) is 23.8 Å². The summed E-state index contributed by atoms with van der Waals surface area (Å²) in [5.41, 5.74) is 1.12. The van der Waals surface area contributed by atoms with Gasteiger partial charge in [0.05, 0.1) is 14.2 Å². The Kier molecular flexibility index (Phi) is 5.44. The minimum absolute atomic E-state index is 0.0310. The highest BCUT2D eigenvalue weighted by Crippen LogP contribution is 2.34. The number of hydrogen-bond donors (Lipinski definition) is 2. The van der Waals surface area contributed by atoms with Gasteiger partial charge in [0.1, 0.15) is 11.5 Å². The first-order valence-electron chi connectivity index (χ1n) is 6.13. The second kappa shape index (κ2) is 6.61. The summed E-state index contributed by atoms with van der Waals surface area (Å²) in [5.74, 6) is 1.75. The van der Waals surface area contributed by atoms with Crippen molar-refractivity contribution in [2.45, 2.75) is 19.3 Å². The lowest BCUT2D eigenvalue weighted by Crippen LogP contribution is -2.37. The van der Waals surface area contributed by atoms with E-state index in [1.807, 2.05) is 25.2 Å². The molecule has 2 N–H and O–H groups in total. The smallest absolute Gasteiger partial charge is 0.122 e. The van der Waals surface area contributed by atoms with E-state index in [0.717, 1.165) is 30.3 Å². The van der Waals surface area contributed by atoms with Gasteiger partial charge in [-0.05, 0) is 25.2 Å². The summed E-state index contributed by atoms with van der Waals surface area (Å²) in [6, 6.07) is 5.91. The molecule has 0 aromatic heterocycles. The zero-order valence-electron chi connectivity index (χ0n) is 12.0. The van der Waals surface area contributed by atoms with Crippen LogP contribution in [-0.2, 0) is 5.41 Å². The van der Waals surface area contributed by atoms with E-state index in [-0.39, 0.29) is 5.41 Å². The van der Waals surface area contributed by atoms with Crippen LogP contribution in [0.5, 0.6) is 11.5 Å². The van der Waals surface area contributed by atoms with E-state index >= 15 is 0 Å². The molecule has 0 atom stereocenters. The second-order valence-corrected chi connectivity index (χ2v) is 4.91. The molecule has 18 heavy (non-hydrogen) atoms. The van der Waals surface area contributed by atoms with Crippen molar-refractivity contribution in [1.29, 1.82) is 0 Å². The van der Waals surface area contributed by atoms with Gasteiger partial charge in [0.15, 0.2) is 0 Å². The lowest BCUT2D eigenvalue weighted by atomic mass is 9.83. The Bertz CT molecular complexity index is 378. The Hall–Kier alpha value is -1.26. The molecule has 0 fully saturated rings. The molecule has 102 valence electrons. The summed E-state index contributed by atoms with van der Waals surface area (Å²) in [6.07, 6.45) is 0. The van der Waals surface area contributed by atoms with E-state index in [1.54, 1.807) is 14.2 Å². The van der Waals surface area contributed by atoms with E-state index in [9.17, 15) is 0 Å². The largest absolute Gasteiger partial charge is 0.497 e. The number of ether oxygens (including phenoxy) is 2. The molecule has 1 aromatic rings. The molecule has 0 unspecified atom stereocenters. The molecule has 0 bridgehead atoms. The Morgan fingerprint density at radius 3 is 2.44 bits per heavy atom. The van der Waals surface area contributed by atoms with Crippen LogP contribution in [0, 0.1) is 0 Å². The van der Waals surface area contributed by atoms with Crippen LogP contribution in [-0.4, -0.2) is 34.5 Å². The molecule has 0 spiro atoms. The van der Waals surface area contributed by atoms with Crippen LogP contribution >= 0.6 is 0 Å². The van der Waals surface area contributed by atoms with Gasteiger partial charge in [-0.1, -0.05) is 13.8 Å². The molecule has 0 radical (unpaired) electrons. The van der Waals surface area contributed by atoms with Crippen LogP contribution in [0.4, 0.5) is 0 Å². The minimum atomic E-state index is -0.0310. The molecular formula is C14H24N2O2. The molecule has 0 saturated heterocycles. The van der Waals surface area contributed by atoms with E-state index in [4.69, 9.17) is 9.47 Å². The fourth-order valence-electron chi connectivity index (χ4n) is 1.94. The Balaban J connectivity index is 2.96. The molecule has 0 saturated carbocycles. The highest BCUT2D eigenvalue weighted by molar-refractivity contribution is 5.44. The molecule has 0 aliphatic heterocycles. The first kappa shape index (κ1) is 14.8. The van der Waals surface area contributed by atoms with Gasteiger partial charge in [0.25, 0.3) is 0 Å². The molecule has 0 heterocycles. The van der Waals surface area contributed by atoms with E-state index < -0.39 is 0 Å². The Labute approximate surface area is 110 Å². The lowest BCUT2D eigenvalue weighted by molar-refractivity contribution is 0.376. The van der Waals surface area contributed by atoms with Gasteiger partial charge in [0.2, 0.25) is 0 Å². The van der Waals surface area contributed by atoms with Crippen molar-refractivity contribution in [3.63, 3.8) is 0 Å². The van der Waals surface area contributed by atoms with Crippen LogP contribution in [0.2, 0.25) is 0 Å². The third-order valence-electron chi connectivity index (χ3n) is 3.00. The molecule has 1 rings (SSSR count). The summed E-state index contributed by atoms with van der Waals surface area (Å²) in [7, 11) is 5.30. The minimum Gasteiger partial charge on any atom is -0.497 e. The average molecular weight is 252 g/mol. The molecule has 0 aliphatic carbocycles. The summed E-state index contributed by atoms with van der Waals surface area (Å²) < 4.78 is 10.7. The maximum Gasteiger partial charge on any atom is 0.122 e. The topological polar surface area (TPSA) is 42.5 Å². The fourth-order valence-corrected chi connectivity index (χ4v) is 1.94. The average Bonchev–Trinajstić information content (AvgIpc) is 2.38. The second-order valence-electron chi connectivity index (χ2n) is 4.91. The van der Waals surface area contributed by atoms with Crippen molar-refractivity contribution in [2.24, 2.45) is 0 Å². The van der Waals surface area contributed by atoms with Crippen molar-refractivity contribution in [3.8, 4) is 11.5 Å². The predicted octanol–water partition coefficient (Wildman–Crippen LogP) is 1.75. The summed E-state index contributed by atoms with van der Waals surface area (Å²) >= 11 is 0. The summed E-state index contributed by atoms with van der Waals surface area (Å²) in [4.78, 5) is 0. The van der Waals surface area contributed by atoms with Crippen molar-refractivity contribution >= 4 is 0 Å².